The second-order valence-electron chi connectivity index (χ2n) is 12.1. The van der Waals surface area contributed by atoms with Gasteiger partial charge in [-0.15, -0.1) is 0 Å². The Kier molecular flexibility index (Phi) is 14.4. The van der Waals surface area contributed by atoms with Crippen molar-refractivity contribution in [2.45, 2.75) is 87.0 Å². The van der Waals surface area contributed by atoms with Crippen LogP contribution in [-0.2, 0) is 16.1 Å². The molecule has 0 aromatic heterocycles. The summed E-state index contributed by atoms with van der Waals surface area (Å²) in [6.07, 6.45) is -0.0654. The molecule has 45 heavy (non-hydrogen) atoms. The summed E-state index contributed by atoms with van der Waals surface area (Å²) in [5.74, 6) is 1.34. The van der Waals surface area contributed by atoms with E-state index >= 15 is 0 Å². The second-order valence-corrected chi connectivity index (χ2v) is 12.1. The zero-order valence-corrected chi connectivity index (χ0v) is 28.5. The fourth-order valence-corrected chi connectivity index (χ4v) is 4.69. The van der Waals surface area contributed by atoms with E-state index in [9.17, 15) is 14.7 Å². The number of para-hydroxylation sites is 4. The topological polar surface area (TPSA) is 88.5 Å². The van der Waals surface area contributed by atoms with Crippen molar-refractivity contribution >= 4 is 17.7 Å². The van der Waals surface area contributed by atoms with Crippen LogP contribution in [0.3, 0.4) is 0 Å². The molecule has 1 fully saturated rings. The van der Waals surface area contributed by atoms with Crippen molar-refractivity contribution in [3.8, 4) is 17.2 Å². The summed E-state index contributed by atoms with van der Waals surface area (Å²) in [5.41, 5.74) is 0.450. The van der Waals surface area contributed by atoms with Crippen LogP contribution in [0.15, 0.2) is 78.9 Å². The van der Waals surface area contributed by atoms with Crippen LogP contribution in [0.5, 0.6) is 17.2 Å². The van der Waals surface area contributed by atoms with E-state index in [1.807, 2.05) is 120 Å². The minimum atomic E-state index is -0.704. The van der Waals surface area contributed by atoms with Gasteiger partial charge in [0.15, 0.2) is 17.2 Å². The van der Waals surface area contributed by atoms with Crippen LogP contribution in [0, 0.1) is 5.41 Å². The minimum Gasteiger partial charge on any atom is -0.485 e. The second kappa shape index (κ2) is 17.4. The third-order valence-electron chi connectivity index (χ3n) is 6.75. The Labute approximate surface area is 269 Å². The van der Waals surface area contributed by atoms with Gasteiger partial charge >= 0.3 is 6.09 Å². The molecule has 246 valence electrons. The van der Waals surface area contributed by atoms with Crippen molar-refractivity contribution in [2.75, 3.05) is 24.6 Å². The highest BCUT2D eigenvalue weighted by atomic mass is 16.6. The van der Waals surface area contributed by atoms with Crippen LogP contribution in [0.1, 0.15) is 74.3 Å². The highest BCUT2D eigenvalue weighted by Crippen LogP contribution is 2.39. The number of aliphatic hydroxyl groups excluding tert-OH is 1. The fraction of sp³-hybridized carbons (Fsp3) is 0.459. The summed E-state index contributed by atoms with van der Waals surface area (Å²) in [4.78, 5) is 29.8. The molecule has 1 aliphatic rings. The van der Waals surface area contributed by atoms with Gasteiger partial charge < -0.3 is 24.2 Å². The molecule has 1 aliphatic heterocycles. The Morgan fingerprint density at radius 1 is 0.822 bits per heavy atom. The number of nitrogens with zero attached hydrogens (tertiary/aromatic N) is 2. The van der Waals surface area contributed by atoms with E-state index in [2.05, 4.69) is 0 Å². The number of hydrogen-bond acceptors (Lipinski definition) is 6. The highest BCUT2D eigenvalue weighted by Gasteiger charge is 2.40. The Morgan fingerprint density at radius 3 is 1.98 bits per heavy atom. The Balaban J connectivity index is 0.00000169. The first-order valence-electron chi connectivity index (χ1n) is 15.9. The van der Waals surface area contributed by atoms with Crippen LogP contribution >= 0.6 is 0 Å². The molecule has 8 nitrogen and oxygen atoms in total. The van der Waals surface area contributed by atoms with Crippen molar-refractivity contribution in [3.63, 3.8) is 0 Å². The zero-order chi connectivity index (χ0) is 33.6. The molecule has 0 bridgehead atoms. The van der Waals surface area contributed by atoms with Gasteiger partial charge in [-0.3, -0.25) is 9.69 Å². The molecule has 3 aromatic rings. The molecule has 0 spiro atoms. The van der Waals surface area contributed by atoms with E-state index in [0.717, 1.165) is 5.56 Å². The van der Waals surface area contributed by atoms with Crippen LogP contribution in [0.4, 0.5) is 10.5 Å². The number of aliphatic hydroxyl groups is 1. The fourth-order valence-electron chi connectivity index (χ4n) is 4.69. The third kappa shape index (κ3) is 11.1. The van der Waals surface area contributed by atoms with Gasteiger partial charge in [-0.2, -0.15) is 0 Å². The van der Waals surface area contributed by atoms with Gasteiger partial charge in [-0.1, -0.05) is 96.1 Å². The van der Waals surface area contributed by atoms with Gasteiger partial charge in [-0.05, 0) is 62.4 Å². The van der Waals surface area contributed by atoms with Gasteiger partial charge in [0.05, 0.1) is 11.7 Å². The maximum absolute atomic E-state index is 13.5. The molecule has 1 atom stereocenters. The molecule has 3 aromatic carbocycles. The highest BCUT2D eigenvalue weighted by molar-refractivity contribution is 5.98. The summed E-state index contributed by atoms with van der Waals surface area (Å²) < 4.78 is 18.1. The maximum Gasteiger partial charge on any atom is 0.411 e. The molecule has 0 radical (unpaired) electrons. The first kappa shape index (κ1) is 37.1. The predicted octanol–water partition coefficient (Wildman–Crippen LogP) is 8.47. The van der Waals surface area contributed by atoms with Gasteiger partial charge in [0.25, 0.3) is 0 Å². The summed E-state index contributed by atoms with van der Waals surface area (Å²) in [5, 5.41) is 9.97. The summed E-state index contributed by atoms with van der Waals surface area (Å²) >= 11 is 0. The number of carbonyl (C=O) groups is 2. The van der Waals surface area contributed by atoms with E-state index in [1.54, 1.807) is 25.7 Å². The van der Waals surface area contributed by atoms with Crippen LogP contribution in [0.25, 0.3) is 0 Å². The number of amides is 2. The Hall–Kier alpha value is -4.04. The van der Waals surface area contributed by atoms with E-state index in [1.165, 1.54) is 4.90 Å². The molecule has 1 saturated heterocycles. The normalized spacial score (nSPS) is 14.8. The largest absolute Gasteiger partial charge is 0.485 e. The quantitative estimate of drug-likeness (QED) is 0.258. The number of hydrogen-bond donors (Lipinski definition) is 1. The van der Waals surface area contributed by atoms with Gasteiger partial charge in [-0.25, -0.2) is 4.79 Å². The van der Waals surface area contributed by atoms with Crippen molar-refractivity contribution in [1.29, 1.82) is 0 Å². The number of benzene rings is 3. The van der Waals surface area contributed by atoms with Gasteiger partial charge in [0.1, 0.15) is 18.8 Å². The average Bonchev–Trinajstić information content (AvgIpc) is 3.03. The lowest BCUT2D eigenvalue weighted by Crippen LogP contribution is -2.60. The van der Waals surface area contributed by atoms with Gasteiger partial charge in [0, 0.05) is 13.2 Å². The molecule has 4 rings (SSSR count). The van der Waals surface area contributed by atoms with Crippen molar-refractivity contribution in [1.82, 2.24) is 4.90 Å². The zero-order valence-electron chi connectivity index (χ0n) is 28.5. The summed E-state index contributed by atoms with van der Waals surface area (Å²) in [7, 11) is 0. The SMILES string of the molecule is CC.CC.CC(C)(CO)C[C@@H]1CN(c2ccccc2Oc2ccccc2OCc2ccccc2)C(=O)CN1C(=O)OC(C)(C)C. The molecular weight excluding hydrogens is 568 g/mol. The van der Waals surface area contributed by atoms with Crippen molar-refractivity contribution in [2.24, 2.45) is 5.41 Å². The predicted molar refractivity (Wildman–Crippen MR) is 181 cm³/mol. The molecular formula is C37H52N2O6. The standard InChI is InChI=1S/C33H40N2O6.2C2H6/c1-32(2,3)41-31(38)34-21-30(37)35(20-25(34)19-33(4,5)23-36)26-15-9-10-16-27(26)40-29-18-12-11-17-28(29)39-22-24-13-7-6-8-14-24;2*1-2/h6-18,25,36H,19-23H2,1-5H3;2*1-2H3/t25-;;/m1../s1. The number of rotatable bonds is 9. The first-order chi connectivity index (χ1) is 21.5. The Bertz CT molecular complexity index is 1340. The smallest absolute Gasteiger partial charge is 0.411 e. The lowest BCUT2D eigenvalue weighted by atomic mass is 9.85. The van der Waals surface area contributed by atoms with E-state index < -0.39 is 17.1 Å². The van der Waals surface area contributed by atoms with Crippen LogP contribution < -0.4 is 14.4 Å². The number of piperazine rings is 1. The number of ether oxygens (including phenoxy) is 3. The summed E-state index contributed by atoms with van der Waals surface area (Å²) in [6, 6.07) is 24.3. The maximum atomic E-state index is 13.5. The third-order valence-corrected chi connectivity index (χ3v) is 6.75. The van der Waals surface area contributed by atoms with Gasteiger partial charge in [0.2, 0.25) is 5.91 Å². The molecule has 0 saturated carbocycles. The summed E-state index contributed by atoms with van der Waals surface area (Å²) in [6.45, 7) is 17.7. The van der Waals surface area contributed by atoms with E-state index in [4.69, 9.17) is 14.2 Å². The lowest BCUT2D eigenvalue weighted by Gasteiger charge is -2.43. The van der Waals surface area contributed by atoms with E-state index in [-0.39, 0.29) is 31.6 Å². The number of anilines is 1. The van der Waals surface area contributed by atoms with Crippen LogP contribution in [0.2, 0.25) is 0 Å². The molecule has 8 heteroatoms. The minimum absolute atomic E-state index is 0.0565. The van der Waals surface area contributed by atoms with E-state index in [0.29, 0.717) is 36.0 Å². The molecule has 1 heterocycles. The monoisotopic (exact) mass is 620 g/mol. The average molecular weight is 621 g/mol. The van der Waals surface area contributed by atoms with Crippen LogP contribution in [-0.4, -0.2) is 53.3 Å². The molecule has 0 unspecified atom stereocenters. The van der Waals surface area contributed by atoms with Crippen molar-refractivity contribution < 1.29 is 28.9 Å². The molecule has 0 aliphatic carbocycles. The van der Waals surface area contributed by atoms with Crippen molar-refractivity contribution in [3.05, 3.63) is 84.4 Å². The molecule has 2 amide bonds. The first-order valence-corrected chi connectivity index (χ1v) is 15.9. The Morgan fingerprint density at radius 2 is 1.38 bits per heavy atom. The number of carbonyl (C=O) groups excluding carboxylic acids is 2. The molecule has 1 N–H and O–H groups in total. The lowest BCUT2D eigenvalue weighted by molar-refractivity contribution is -0.123.